The normalized spacial score (nSPS) is 15.4. The largest absolute Gasteiger partial charge is 0.339 e. The molecule has 0 bridgehead atoms. The molecular formula is C23H30ClN3O2. The second-order valence-corrected chi connectivity index (χ2v) is 7.88. The fraction of sp³-hybridized carbons (Fsp3) is 0.391. The van der Waals surface area contributed by atoms with Crippen molar-refractivity contribution in [3.8, 4) is 0 Å². The van der Waals surface area contributed by atoms with Crippen LogP contribution in [0.3, 0.4) is 0 Å². The van der Waals surface area contributed by atoms with Crippen molar-refractivity contribution >= 4 is 29.9 Å². The highest BCUT2D eigenvalue weighted by atomic mass is 35.5. The van der Waals surface area contributed by atoms with E-state index in [0.717, 1.165) is 42.6 Å². The van der Waals surface area contributed by atoms with Crippen LogP contribution in [0.5, 0.6) is 0 Å². The van der Waals surface area contributed by atoms with E-state index in [-0.39, 0.29) is 24.2 Å². The summed E-state index contributed by atoms with van der Waals surface area (Å²) in [7, 11) is 0. The van der Waals surface area contributed by atoms with Crippen molar-refractivity contribution < 1.29 is 9.59 Å². The van der Waals surface area contributed by atoms with Gasteiger partial charge in [-0.15, -0.1) is 12.4 Å². The Balaban J connectivity index is 0.00000300. The summed E-state index contributed by atoms with van der Waals surface area (Å²) in [5, 5.41) is 2.89. The molecule has 6 heteroatoms. The maximum absolute atomic E-state index is 12.7. The number of hydrogen-bond acceptors (Lipinski definition) is 3. The van der Waals surface area contributed by atoms with E-state index in [2.05, 4.69) is 12.2 Å². The third-order valence-electron chi connectivity index (χ3n) is 5.52. The third-order valence-corrected chi connectivity index (χ3v) is 5.52. The number of carbonyl (C=O) groups is 2. The van der Waals surface area contributed by atoms with Gasteiger partial charge in [-0.1, -0.05) is 36.8 Å². The van der Waals surface area contributed by atoms with Gasteiger partial charge in [0.15, 0.2) is 0 Å². The van der Waals surface area contributed by atoms with Crippen LogP contribution in [-0.4, -0.2) is 29.8 Å². The van der Waals surface area contributed by atoms with Crippen LogP contribution in [0.15, 0.2) is 42.5 Å². The maximum atomic E-state index is 12.7. The van der Waals surface area contributed by atoms with E-state index in [4.69, 9.17) is 5.73 Å². The van der Waals surface area contributed by atoms with Gasteiger partial charge in [-0.05, 0) is 61.9 Å². The van der Waals surface area contributed by atoms with Crippen molar-refractivity contribution in [3.05, 3.63) is 64.7 Å². The molecule has 2 aromatic carbocycles. The van der Waals surface area contributed by atoms with Gasteiger partial charge in [0.1, 0.15) is 6.04 Å². The smallest absolute Gasteiger partial charge is 0.253 e. The average Bonchev–Trinajstić information content (AvgIpc) is 2.69. The molecule has 1 fully saturated rings. The van der Waals surface area contributed by atoms with Crippen molar-refractivity contribution in [2.24, 2.45) is 11.7 Å². The van der Waals surface area contributed by atoms with E-state index in [1.165, 1.54) is 0 Å². The van der Waals surface area contributed by atoms with Crippen molar-refractivity contribution in [2.75, 3.05) is 18.4 Å². The standard InChI is InChI=1S/C23H29N3O2.ClH/c1-15-4-6-18(7-5-15)21(24)22(27)25-20-9-8-19(14-17(20)3)23(28)26-12-10-16(2)11-13-26;/h4-9,14,16,21H,10-13,24H2,1-3H3,(H,25,27);1H. The summed E-state index contributed by atoms with van der Waals surface area (Å²) in [5.74, 6) is 0.474. The van der Waals surface area contributed by atoms with Crippen LogP contribution in [0.4, 0.5) is 5.69 Å². The first-order valence-electron chi connectivity index (χ1n) is 9.88. The third kappa shape index (κ3) is 5.58. The molecule has 0 saturated carbocycles. The number of nitrogens with zero attached hydrogens (tertiary/aromatic N) is 1. The zero-order valence-electron chi connectivity index (χ0n) is 17.3. The lowest BCUT2D eigenvalue weighted by atomic mass is 9.98. The lowest BCUT2D eigenvalue weighted by molar-refractivity contribution is -0.117. The summed E-state index contributed by atoms with van der Waals surface area (Å²) in [5.41, 5.74) is 10.2. The summed E-state index contributed by atoms with van der Waals surface area (Å²) in [6, 6.07) is 12.3. The van der Waals surface area contributed by atoms with Gasteiger partial charge < -0.3 is 16.0 Å². The highest BCUT2D eigenvalue weighted by Gasteiger charge is 2.22. The van der Waals surface area contributed by atoms with Crippen LogP contribution >= 0.6 is 12.4 Å². The molecule has 156 valence electrons. The Morgan fingerprint density at radius 2 is 1.69 bits per heavy atom. The first kappa shape index (κ1) is 22.9. The highest BCUT2D eigenvalue weighted by molar-refractivity contribution is 5.98. The zero-order valence-corrected chi connectivity index (χ0v) is 18.1. The number of hydrogen-bond donors (Lipinski definition) is 2. The van der Waals surface area contributed by atoms with Gasteiger partial charge in [0.25, 0.3) is 5.91 Å². The van der Waals surface area contributed by atoms with Gasteiger partial charge in [-0.25, -0.2) is 0 Å². The van der Waals surface area contributed by atoms with E-state index in [0.29, 0.717) is 17.2 Å². The number of rotatable bonds is 4. The summed E-state index contributed by atoms with van der Waals surface area (Å²) < 4.78 is 0. The highest BCUT2D eigenvalue weighted by Crippen LogP contribution is 2.22. The number of benzene rings is 2. The molecule has 3 rings (SSSR count). The number of nitrogens with two attached hydrogens (primary N) is 1. The maximum Gasteiger partial charge on any atom is 0.253 e. The lowest BCUT2D eigenvalue weighted by Crippen LogP contribution is -2.37. The van der Waals surface area contributed by atoms with Gasteiger partial charge in [0.2, 0.25) is 5.91 Å². The molecule has 1 aliphatic heterocycles. The molecule has 1 aliphatic rings. The average molecular weight is 416 g/mol. The van der Waals surface area contributed by atoms with E-state index in [9.17, 15) is 9.59 Å². The van der Waals surface area contributed by atoms with Crippen LogP contribution in [0, 0.1) is 19.8 Å². The SMILES string of the molecule is Cc1ccc(C(N)C(=O)Nc2ccc(C(=O)N3CCC(C)CC3)cc2C)cc1.Cl. The monoisotopic (exact) mass is 415 g/mol. The fourth-order valence-electron chi connectivity index (χ4n) is 3.47. The van der Waals surface area contributed by atoms with Gasteiger partial charge in [0, 0.05) is 24.3 Å². The van der Waals surface area contributed by atoms with E-state index in [1.54, 1.807) is 12.1 Å². The number of piperidine rings is 1. The summed E-state index contributed by atoms with van der Waals surface area (Å²) in [6.45, 7) is 7.73. The molecule has 1 saturated heterocycles. The number of anilines is 1. The Hall–Kier alpha value is -2.37. The minimum atomic E-state index is -0.739. The molecule has 5 nitrogen and oxygen atoms in total. The molecule has 2 aromatic rings. The predicted octanol–water partition coefficient (Wildman–Crippen LogP) is 4.24. The lowest BCUT2D eigenvalue weighted by Gasteiger charge is -2.30. The Morgan fingerprint density at radius 1 is 1.07 bits per heavy atom. The Bertz CT molecular complexity index is 859. The van der Waals surface area contributed by atoms with Gasteiger partial charge >= 0.3 is 0 Å². The van der Waals surface area contributed by atoms with Crippen molar-refractivity contribution in [3.63, 3.8) is 0 Å². The summed E-state index contributed by atoms with van der Waals surface area (Å²) in [4.78, 5) is 27.2. The topological polar surface area (TPSA) is 75.4 Å². The zero-order chi connectivity index (χ0) is 20.3. The number of aryl methyl sites for hydroxylation is 2. The quantitative estimate of drug-likeness (QED) is 0.784. The minimum absolute atomic E-state index is 0. The Labute approximate surface area is 179 Å². The first-order valence-corrected chi connectivity index (χ1v) is 9.88. The number of amides is 2. The minimum Gasteiger partial charge on any atom is -0.339 e. The summed E-state index contributed by atoms with van der Waals surface area (Å²) in [6.07, 6.45) is 2.10. The van der Waals surface area contributed by atoms with Crippen LogP contribution in [-0.2, 0) is 4.79 Å². The molecule has 0 radical (unpaired) electrons. The molecule has 1 unspecified atom stereocenters. The Kier molecular flexibility index (Phi) is 7.82. The number of nitrogens with one attached hydrogen (secondary N) is 1. The van der Waals surface area contributed by atoms with Crippen LogP contribution in [0.1, 0.15) is 52.9 Å². The predicted molar refractivity (Wildman–Crippen MR) is 119 cm³/mol. The molecule has 3 N–H and O–H groups in total. The fourth-order valence-corrected chi connectivity index (χ4v) is 3.47. The number of halogens is 1. The van der Waals surface area contributed by atoms with E-state index < -0.39 is 6.04 Å². The van der Waals surface area contributed by atoms with Crippen LogP contribution in [0.2, 0.25) is 0 Å². The Morgan fingerprint density at radius 3 is 2.28 bits per heavy atom. The summed E-state index contributed by atoms with van der Waals surface area (Å²) >= 11 is 0. The molecule has 29 heavy (non-hydrogen) atoms. The van der Waals surface area contributed by atoms with Crippen molar-refractivity contribution in [1.29, 1.82) is 0 Å². The first-order chi connectivity index (χ1) is 13.3. The van der Waals surface area contributed by atoms with E-state index >= 15 is 0 Å². The number of carbonyl (C=O) groups excluding carboxylic acids is 2. The van der Waals surface area contributed by atoms with E-state index in [1.807, 2.05) is 49.1 Å². The second-order valence-electron chi connectivity index (χ2n) is 7.88. The van der Waals surface area contributed by atoms with Crippen molar-refractivity contribution in [2.45, 2.75) is 39.7 Å². The molecule has 0 aromatic heterocycles. The van der Waals surface area contributed by atoms with Gasteiger partial charge in [0.05, 0.1) is 0 Å². The number of likely N-dealkylation sites (tertiary alicyclic amines) is 1. The molecule has 1 heterocycles. The molecular weight excluding hydrogens is 386 g/mol. The molecule has 0 aliphatic carbocycles. The molecule has 2 amide bonds. The van der Waals surface area contributed by atoms with Crippen molar-refractivity contribution in [1.82, 2.24) is 4.90 Å². The van der Waals surface area contributed by atoms with Crippen LogP contribution in [0.25, 0.3) is 0 Å². The van der Waals surface area contributed by atoms with Gasteiger partial charge in [-0.2, -0.15) is 0 Å². The van der Waals surface area contributed by atoms with Gasteiger partial charge in [-0.3, -0.25) is 9.59 Å². The van der Waals surface area contributed by atoms with Crippen LogP contribution < -0.4 is 11.1 Å². The molecule has 1 atom stereocenters. The molecule has 0 spiro atoms. The second kappa shape index (κ2) is 9.90.